The van der Waals surface area contributed by atoms with Crippen molar-refractivity contribution in [2.75, 3.05) is 12.0 Å². The van der Waals surface area contributed by atoms with Crippen molar-refractivity contribution in [1.82, 2.24) is 4.98 Å². The fraction of sp³-hybridized carbons (Fsp3) is 0.154. The number of pyridine rings is 1. The maximum atomic E-state index is 5.82. The monoisotopic (exact) mass is 230 g/mol. The van der Waals surface area contributed by atoms with Gasteiger partial charge in [-0.25, -0.2) is 4.98 Å². The average Bonchev–Trinajstić information content (AvgIpc) is 2.31. The molecule has 1 heterocycles. The highest BCUT2D eigenvalue weighted by molar-refractivity contribution is 7.98. The van der Waals surface area contributed by atoms with Crippen molar-refractivity contribution < 1.29 is 0 Å². The topological polar surface area (TPSA) is 38.9 Å². The lowest BCUT2D eigenvalue weighted by molar-refractivity contribution is 1.15. The van der Waals surface area contributed by atoms with Gasteiger partial charge in [0.1, 0.15) is 5.03 Å². The number of hydrogen-bond donors (Lipinski definition) is 1. The smallest absolute Gasteiger partial charge is 0.119 e. The van der Waals surface area contributed by atoms with Crippen molar-refractivity contribution in [2.45, 2.75) is 11.9 Å². The molecule has 2 aromatic rings. The number of aromatic nitrogens is 1. The molecule has 0 atom stereocenters. The second-order valence-corrected chi connectivity index (χ2v) is 4.46. The first-order valence-corrected chi connectivity index (χ1v) is 6.31. The van der Waals surface area contributed by atoms with E-state index in [1.807, 2.05) is 18.4 Å². The van der Waals surface area contributed by atoms with E-state index in [-0.39, 0.29) is 0 Å². The van der Waals surface area contributed by atoms with Crippen LogP contribution in [0.5, 0.6) is 0 Å². The van der Waals surface area contributed by atoms with E-state index in [1.54, 1.807) is 11.8 Å². The lowest BCUT2D eigenvalue weighted by atomic mass is 10.1. The largest absolute Gasteiger partial charge is 0.397 e. The van der Waals surface area contributed by atoms with Gasteiger partial charge in [-0.3, -0.25) is 0 Å². The summed E-state index contributed by atoms with van der Waals surface area (Å²) in [6.07, 6.45) is 1.98. The standard InChI is InChI=1S/C13H14N2S/c1-9-3-5-10(6-4-9)12-8-7-11(14)13(15-12)16-2/h3-8H,14H2,1-2H3. The minimum Gasteiger partial charge on any atom is -0.397 e. The lowest BCUT2D eigenvalue weighted by Gasteiger charge is -2.05. The predicted molar refractivity (Wildman–Crippen MR) is 70.6 cm³/mol. The third-order valence-corrected chi connectivity index (χ3v) is 3.14. The molecule has 0 aliphatic heterocycles. The van der Waals surface area contributed by atoms with Crippen LogP contribution in [0, 0.1) is 6.92 Å². The molecule has 0 saturated heterocycles. The Kier molecular flexibility index (Phi) is 3.15. The number of hydrogen-bond acceptors (Lipinski definition) is 3. The summed E-state index contributed by atoms with van der Waals surface area (Å²) in [5.41, 5.74) is 9.91. The van der Waals surface area contributed by atoms with Gasteiger partial charge in [0.2, 0.25) is 0 Å². The van der Waals surface area contributed by atoms with E-state index >= 15 is 0 Å². The number of anilines is 1. The van der Waals surface area contributed by atoms with E-state index in [0.29, 0.717) is 0 Å². The summed E-state index contributed by atoms with van der Waals surface area (Å²) in [5, 5.41) is 0.887. The first kappa shape index (κ1) is 11.0. The summed E-state index contributed by atoms with van der Waals surface area (Å²) >= 11 is 1.57. The molecule has 0 fully saturated rings. The third-order valence-electron chi connectivity index (χ3n) is 2.43. The first-order chi connectivity index (χ1) is 7.70. The molecule has 0 unspecified atom stereocenters. The van der Waals surface area contributed by atoms with Gasteiger partial charge in [0, 0.05) is 5.56 Å². The zero-order valence-corrected chi connectivity index (χ0v) is 10.2. The number of thioether (sulfide) groups is 1. The number of nitrogens with zero attached hydrogens (tertiary/aromatic N) is 1. The lowest BCUT2D eigenvalue weighted by Crippen LogP contribution is -1.93. The van der Waals surface area contributed by atoms with Crippen molar-refractivity contribution in [3.63, 3.8) is 0 Å². The highest BCUT2D eigenvalue weighted by atomic mass is 32.2. The van der Waals surface area contributed by atoms with Crippen LogP contribution in [0.2, 0.25) is 0 Å². The van der Waals surface area contributed by atoms with E-state index in [4.69, 9.17) is 5.73 Å². The molecule has 82 valence electrons. The number of aryl methyl sites for hydroxylation is 1. The highest BCUT2D eigenvalue weighted by Gasteiger charge is 2.03. The molecule has 3 heteroatoms. The van der Waals surface area contributed by atoms with Gasteiger partial charge in [0.05, 0.1) is 11.4 Å². The Morgan fingerprint density at radius 3 is 2.38 bits per heavy atom. The van der Waals surface area contributed by atoms with Crippen LogP contribution < -0.4 is 5.73 Å². The minimum absolute atomic E-state index is 0.739. The highest BCUT2D eigenvalue weighted by Crippen LogP contribution is 2.25. The van der Waals surface area contributed by atoms with E-state index in [9.17, 15) is 0 Å². The minimum atomic E-state index is 0.739. The van der Waals surface area contributed by atoms with Crippen molar-refractivity contribution in [3.8, 4) is 11.3 Å². The Hall–Kier alpha value is -1.48. The second-order valence-electron chi connectivity index (χ2n) is 3.66. The zero-order chi connectivity index (χ0) is 11.5. The SMILES string of the molecule is CSc1nc(-c2ccc(C)cc2)ccc1N. The molecule has 2 N–H and O–H groups in total. The van der Waals surface area contributed by atoms with Gasteiger partial charge in [-0.2, -0.15) is 0 Å². The number of nitrogen functional groups attached to an aromatic ring is 1. The van der Waals surface area contributed by atoms with Crippen LogP contribution in [0.25, 0.3) is 11.3 Å². The molecule has 0 spiro atoms. The van der Waals surface area contributed by atoms with Gasteiger partial charge in [0.15, 0.2) is 0 Å². The van der Waals surface area contributed by atoms with Crippen LogP contribution >= 0.6 is 11.8 Å². The molecule has 16 heavy (non-hydrogen) atoms. The Labute approximate surface area is 99.9 Å². The number of benzene rings is 1. The Morgan fingerprint density at radius 2 is 1.75 bits per heavy atom. The predicted octanol–water partition coefficient (Wildman–Crippen LogP) is 3.36. The van der Waals surface area contributed by atoms with E-state index in [2.05, 4.69) is 36.2 Å². The summed E-state index contributed by atoms with van der Waals surface area (Å²) in [6.45, 7) is 2.08. The molecule has 1 aromatic heterocycles. The molecule has 0 saturated carbocycles. The quantitative estimate of drug-likeness (QED) is 0.804. The maximum absolute atomic E-state index is 5.82. The van der Waals surface area contributed by atoms with Crippen LogP contribution in [0.4, 0.5) is 5.69 Å². The Morgan fingerprint density at radius 1 is 1.06 bits per heavy atom. The fourth-order valence-electron chi connectivity index (χ4n) is 1.50. The van der Waals surface area contributed by atoms with Gasteiger partial charge >= 0.3 is 0 Å². The van der Waals surface area contributed by atoms with Gasteiger partial charge in [-0.05, 0) is 25.3 Å². The summed E-state index contributed by atoms with van der Waals surface area (Å²) in [7, 11) is 0. The summed E-state index contributed by atoms with van der Waals surface area (Å²) in [6, 6.07) is 12.2. The molecule has 0 bridgehead atoms. The van der Waals surface area contributed by atoms with Crippen LogP contribution in [0.1, 0.15) is 5.56 Å². The molecule has 1 aromatic carbocycles. The number of nitrogens with two attached hydrogens (primary N) is 1. The second kappa shape index (κ2) is 4.58. The van der Waals surface area contributed by atoms with Gasteiger partial charge in [-0.15, -0.1) is 11.8 Å². The molecular weight excluding hydrogens is 216 g/mol. The molecule has 0 amide bonds. The van der Waals surface area contributed by atoms with Crippen molar-refractivity contribution in [1.29, 1.82) is 0 Å². The maximum Gasteiger partial charge on any atom is 0.119 e. The zero-order valence-electron chi connectivity index (χ0n) is 9.40. The van der Waals surface area contributed by atoms with Crippen LogP contribution in [0.3, 0.4) is 0 Å². The van der Waals surface area contributed by atoms with Crippen molar-refractivity contribution in [3.05, 3.63) is 42.0 Å². The molecule has 0 radical (unpaired) electrons. The van der Waals surface area contributed by atoms with Crippen LogP contribution in [-0.2, 0) is 0 Å². The molecular formula is C13H14N2S. The summed E-state index contributed by atoms with van der Waals surface area (Å²) in [5.74, 6) is 0. The van der Waals surface area contributed by atoms with Gasteiger partial charge in [-0.1, -0.05) is 29.8 Å². The molecule has 0 aliphatic carbocycles. The van der Waals surface area contributed by atoms with Crippen LogP contribution in [-0.4, -0.2) is 11.2 Å². The summed E-state index contributed by atoms with van der Waals surface area (Å²) in [4.78, 5) is 4.53. The van der Waals surface area contributed by atoms with Gasteiger partial charge in [0.25, 0.3) is 0 Å². The fourth-order valence-corrected chi connectivity index (χ4v) is 1.99. The van der Waals surface area contributed by atoms with Gasteiger partial charge < -0.3 is 5.73 Å². The Balaban J connectivity index is 2.44. The van der Waals surface area contributed by atoms with Crippen molar-refractivity contribution >= 4 is 17.4 Å². The number of rotatable bonds is 2. The Bertz CT molecular complexity index is 492. The van der Waals surface area contributed by atoms with E-state index in [1.165, 1.54) is 5.56 Å². The van der Waals surface area contributed by atoms with E-state index in [0.717, 1.165) is 22.0 Å². The molecule has 0 aliphatic rings. The third kappa shape index (κ3) is 2.19. The molecule has 2 nitrogen and oxygen atoms in total. The summed E-state index contributed by atoms with van der Waals surface area (Å²) < 4.78 is 0. The first-order valence-electron chi connectivity index (χ1n) is 5.08. The van der Waals surface area contributed by atoms with Crippen molar-refractivity contribution in [2.24, 2.45) is 0 Å². The average molecular weight is 230 g/mol. The normalized spacial score (nSPS) is 10.4. The van der Waals surface area contributed by atoms with E-state index < -0.39 is 0 Å². The van der Waals surface area contributed by atoms with Crippen LogP contribution in [0.15, 0.2) is 41.4 Å². The molecule has 2 rings (SSSR count).